The summed E-state index contributed by atoms with van der Waals surface area (Å²) < 4.78 is 8.35. The summed E-state index contributed by atoms with van der Waals surface area (Å²) in [6, 6.07) is 7.52. The van der Waals surface area contributed by atoms with Gasteiger partial charge in [0.05, 0.1) is 22.3 Å². The van der Waals surface area contributed by atoms with Crippen molar-refractivity contribution < 1.29 is 10.0 Å². The molecule has 0 amide bonds. The SMILES string of the molecule is Cc1ccc2nsnc2c1N=Cc1cc([N+](=O)[O-])ccc1O. The molecule has 0 aliphatic rings. The average Bonchev–Trinajstić information content (AvgIpc) is 2.96. The van der Waals surface area contributed by atoms with Gasteiger partial charge in [0.25, 0.3) is 5.69 Å². The highest BCUT2D eigenvalue weighted by Gasteiger charge is 2.10. The molecule has 110 valence electrons. The maximum atomic E-state index is 10.8. The third-order valence-electron chi connectivity index (χ3n) is 3.16. The molecule has 0 spiro atoms. The molecule has 3 aromatic rings. The van der Waals surface area contributed by atoms with E-state index in [1.807, 2.05) is 19.1 Å². The molecule has 0 aliphatic carbocycles. The van der Waals surface area contributed by atoms with Crippen molar-refractivity contribution >= 4 is 40.4 Å². The van der Waals surface area contributed by atoms with Crippen molar-refractivity contribution in [2.75, 3.05) is 0 Å². The summed E-state index contributed by atoms with van der Waals surface area (Å²) in [5, 5.41) is 20.6. The number of aryl methyl sites for hydroxylation is 1. The van der Waals surface area contributed by atoms with Gasteiger partial charge in [-0.2, -0.15) is 8.75 Å². The Morgan fingerprint density at radius 2 is 2.14 bits per heavy atom. The minimum atomic E-state index is -0.521. The number of aromatic hydroxyl groups is 1. The Morgan fingerprint density at radius 3 is 2.91 bits per heavy atom. The summed E-state index contributed by atoms with van der Waals surface area (Å²) in [5.74, 6) is -0.0735. The number of aliphatic imine (C=N–C) groups is 1. The van der Waals surface area contributed by atoms with E-state index < -0.39 is 4.92 Å². The number of fused-ring (bicyclic) bond motifs is 1. The molecule has 2 aromatic carbocycles. The molecule has 0 unspecified atom stereocenters. The summed E-state index contributed by atoms with van der Waals surface area (Å²) in [6.45, 7) is 1.89. The van der Waals surface area contributed by atoms with E-state index in [2.05, 4.69) is 13.7 Å². The van der Waals surface area contributed by atoms with Gasteiger partial charge in [0.1, 0.15) is 16.8 Å². The Bertz CT molecular complexity index is 904. The van der Waals surface area contributed by atoms with E-state index in [1.54, 1.807) is 0 Å². The van der Waals surface area contributed by atoms with Crippen molar-refractivity contribution in [1.82, 2.24) is 8.75 Å². The summed E-state index contributed by atoms with van der Waals surface area (Å²) in [4.78, 5) is 14.6. The van der Waals surface area contributed by atoms with Gasteiger partial charge in [-0.25, -0.2) is 0 Å². The molecule has 1 heterocycles. The number of phenolic OH excluding ortho intramolecular Hbond substituents is 1. The second-order valence-electron chi connectivity index (χ2n) is 4.62. The number of rotatable bonds is 3. The highest BCUT2D eigenvalue weighted by atomic mass is 32.1. The standard InChI is InChI=1S/C14H10N4O3S/c1-8-2-4-11-14(17-22-16-11)13(8)15-7-9-6-10(18(20)21)3-5-12(9)19/h2-7,19H,1H3. The molecule has 22 heavy (non-hydrogen) atoms. The van der Waals surface area contributed by atoms with Crippen molar-refractivity contribution in [3.05, 3.63) is 51.6 Å². The van der Waals surface area contributed by atoms with E-state index >= 15 is 0 Å². The molecule has 0 radical (unpaired) electrons. The Morgan fingerprint density at radius 1 is 1.32 bits per heavy atom. The van der Waals surface area contributed by atoms with E-state index in [4.69, 9.17) is 0 Å². The second kappa shape index (κ2) is 5.49. The van der Waals surface area contributed by atoms with Crippen molar-refractivity contribution in [3.63, 3.8) is 0 Å². The van der Waals surface area contributed by atoms with Crippen molar-refractivity contribution in [1.29, 1.82) is 0 Å². The zero-order valence-electron chi connectivity index (χ0n) is 11.4. The number of hydrogen-bond acceptors (Lipinski definition) is 7. The summed E-state index contributed by atoms with van der Waals surface area (Å²) in [7, 11) is 0. The van der Waals surface area contributed by atoms with E-state index in [-0.39, 0.29) is 17.0 Å². The molecule has 0 fully saturated rings. The summed E-state index contributed by atoms with van der Waals surface area (Å²) >= 11 is 1.09. The highest BCUT2D eigenvalue weighted by Crippen LogP contribution is 2.29. The smallest absolute Gasteiger partial charge is 0.270 e. The minimum absolute atomic E-state index is 0.0735. The maximum absolute atomic E-state index is 10.8. The van der Waals surface area contributed by atoms with Gasteiger partial charge >= 0.3 is 0 Å². The second-order valence-corrected chi connectivity index (χ2v) is 5.15. The van der Waals surface area contributed by atoms with Crippen LogP contribution >= 0.6 is 11.7 Å². The minimum Gasteiger partial charge on any atom is -0.507 e. The topological polar surface area (TPSA) is 102 Å². The first-order chi connectivity index (χ1) is 10.6. The van der Waals surface area contributed by atoms with Crippen LogP contribution in [0.3, 0.4) is 0 Å². The van der Waals surface area contributed by atoms with Gasteiger partial charge in [0, 0.05) is 23.9 Å². The quantitative estimate of drug-likeness (QED) is 0.453. The van der Waals surface area contributed by atoms with E-state index in [1.165, 1.54) is 24.4 Å². The van der Waals surface area contributed by atoms with Crippen LogP contribution in [0.4, 0.5) is 11.4 Å². The van der Waals surface area contributed by atoms with Crippen molar-refractivity contribution in [3.8, 4) is 5.75 Å². The Hall–Kier alpha value is -2.87. The number of non-ortho nitro benzene ring substituents is 1. The van der Waals surface area contributed by atoms with Crippen LogP contribution in [0.25, 0.3) is 11.0 Å². The summed E-state index contributed by atoms with van der Waals surface area (Å²) in [5.41, 5.74) is 3.12. The first kappa shape index (κ1) is 14.1. The van der Waals surface area contributed by atoms with Crippen LogP contribution < -0.4 is 0 Å². The number of benzene rings is 2. The molecule has 0 aliphatic heterocycles. The fourth-order valence-corrected chi connectivity index (χ4v) is 2.53. The van der Waals surface area contributed by atoms with Crippen LogP contribution in [-0.2, 0) is 0 Å². The lowest BCUT2D eigenvalue weighted by Gasteiger charge is -2.01. The predicted octanol–water partition coefficient (Wildman–Crippen LogP) is 3.36. The van der Waals surface area contributed by atoms with Crippen LogP contribution in [0.1, 0.15) is 11.1 Å². The van der Waals surface area contributed by atoms with Crippen LogP contribution in [0, 0.1) is 17.0 Å². The van der Waals surface area contributed by atoms with Crippen LogP contribution in [0.15, 0.2) is 35.3 Å². The zero-order valence-corrected chi connectivity index (χ0v) is 12.2. The number of hydrogen-bond donors (Lipinski definition) is 1. The largest absolute Gasteiger partial charge is 0.507 e. The molecule has 8 heteroatoms. The molecule has 1 N–H and O–H groups in total. The van der Waals surface area contributed by atoms with Gasteiger partial charge in [-0.15, -0.1) is 0 Å². The molecular weight excluding hydrogens is 304 g/mol. The van der Waals surface area contributed by atoms with Gasteiger partial charge in [-0.3, -0.25) is 15.1 Å². The number of nitrogens with zero attached hydrogens (tertiary/aromatic N) is 4. The third kappa shape index (κ3) is 2.51. The van der Waals surface area contributed by atoms with Gasteiger partial charge in [0.15, 0.2) is 0 Å². The maximum Gasteiger partial charge on any atom is 0.270 e. The number of aromatic nitrogens is 2. The molecule has 0 saturated carbocycles. The Balaban J connectivity index is 2.06. The third-order valence-corrected chi connectivity index (χ3v) is 3.70. The van der Waals surface area contributed by atoms with E-state index in [9.17, 15) is 15.2 Å². The molecule has 1 aromatic heterocycles. The Kier molecular flexibility index (Phi) is 3.51. The average molecular weight is 314 g/mol. The van der Waals surface area contributed by atoms with Crippen LogP contribution in [0.5, 0.6) is 5.75 Å². The molecule has 0 atom stereocenters. The van der Waals surface area contributed by atoms with Crippen LogP contribution in [-0.4, -0.2) is 25.0 Å². The molecule has 7 nitrogen and oxygen atoms in total. The fourth-order valence-electron chi connectivity index (χ4n) is 1.99. The van der Waals surface area contributed by atoms with Gasteiger partial charge in [-0.1, -0.05) is 6.07 Å². The number of nitro benzene ring substituents is 1. The lowest BCUT2D eigenvalue weighted by Crippen LogP contribution is -1.90. The normalized spacial score (nSPS) is 11.3. The zero-order chi connectivity index (χ0) is 15.7. The predicted molar refractivity (Wildman–Crippen MR) is 84.2 cm³/mol. The lowest BCUT2D eigenvalue weighted by atomic mass is 10.1. The fraction of sp³-hybridized carbons (Fsp3) is 0.0714. The molecule has 3 rings (SSSR count). The number of phenols is 1. The first-order valence-corrected chi connectivity index (χ1v) is 7.02. The molecule has 0 bridgehead atoms. The monoisotopic (exact) mass is 314 g/mol. The van der Waals surface area contributed by atoms with Crippen molar-refractivity contribution in [2.24, 2.45) is 4.99 Å². The van der Waals surface area contributed by atoms with E-state index in [0.717, 1.165) is 22.8 Å². The lowest BCUT2D eigenvalue weighted by molar-refractivity contribution is -0.384. The van der Waals surface area contributed by atoms with Gasteiger partial charge < -0.3 is 5.11 Å². The first-order valence-electron chi connectivity index (χ1n) is 6.29. The molecular formula is C14H10N4O3S. The molecule has 0 saturated heterocycles. The highest BCUT2D eigenvalue weighted by molar-refractivity contribution is 7.00. The van der Waals surface area contributed by atoms with Gasteiger partial charge in [-0.05, 0) is 24.6 Å². The number of nitro groups is 1. The van der Waals surface area contributed by atoms with Crippen molar-refractivity contribution in [2.45, 2.75) is 6.92 Å². The van der Waals surface area contributed by atoms with Crippen LogP contribution in [0.2, 0.25) is 0 Å². The Labute approximate surface area is 129 Å². The van der Waals surface area contributed by atoms with E-state index in [0.29, 0.717) is 11.2 Å². The summed E-state index contributed by atoms with van der Waals surface area (Å²) in [6.07, 6.45) is 1.39. The van der Waals surface area contributed by atoms with Gasteiger partial charge in [0.2, 0.25) is 0 Å².